The SMILES string of the molecule is COc1cc(NC(=O)c2ccccc2)c(C(=O)NC2CCCNC2C)cc1OC.Cl. The van der Waals surface area contributed by atoms with E-state index in [9.17, 15) is 9.59 Å². The van der Waals surface area contributed by atoms with Gasteiger partial charge in [-0.25, -0.2) is 0 Å². The maximum atomic E-state index is 13.1. The number of benzene rings is 2. The van der Waals surface area contributed by atoms with Crippen LogP contribution in [-0.2, 0) is 0 Å². The third-order valence-corrected chi connectivity index (χ3v) is 5.13. The lowest BCUT2D eigenvalue weighted by atomic mass is 9.99. The van der Waals surface area contributed by atoms with Crippen LogP contribution in [0.2, 0.25) is 0 Å². The molecule has 1 fully saturated rings. The van der Waals surface area contributed by atoms with Crippen LogP contribution >= 0.6 is 12.4 Å². The number of rotatable bonds is 6. The quantitative estimate of drug-likeness (QED) is 0.650. The standard InChI is InChI=1S/C22H27N3O4.ClH/c1-14-17(10-7-11-23-14)24-22(27)16-12-19(28-2)20(29-3)13-18(16)25-21(26)15-8-5-4-6-9-15;/h4-6,8-9,12-14,17,23H,7,10-11H2,1-3H3,(H,24,27)(H,25,26);1H. The van der Waals surface area contributed by atoms with Crippen LogP contribution in [0.15, 0.2) is 42.5 Å². The highest BCUT2D eigenvalue weighted by atomic mass is 35.5. The Labute approximate surface area is 182 Å². The van der Waals surface area contributed by atoms with Crippen molar-refractivity contribution in [3.05, 3.63) is 53.6 Å². The number of hydrogen-bond acceptors (Lipinski definition) is 5. The summed E-state index contributed by atoms with van der Waals surface area (Å²) in [5, 5.41) is 9.28. The first-order valence-electron chi connectivity index (χ1n) is 9.70. The molecule has 1 heterocycles. The van der Waals surface area contributed by atoms with E-state index in [-0.39, 0.29) is 36.3 Å². The van der Waals surface area contributed by atoms with Gasteiger partial charge < -0.3 is 25.4 Å². The summed E-state index contributed by atoms with van der Waals surface area (Å²) in [7, 11) is 3.02. The van der Waals surface area contributed by atoms with E-state index >= 15 is 0 Å². The lowest BCUT2D eigenvalue weighted by Gasteiger charge is -2.31. The maximum Gasteiger partial charge on any atom is 0.255 e. The predicted octanol–water partition coefficient (Wildman–Crippen LogP) is 3.25. The summed E-state index contributed by atoms with van der Waals surface area (Å²) in [6.45, 7) is 3.00. The molecule has 1 saturated heterocycles. The van der Waals surface area contributed by atoms with Crippen LogP contribution in [0.5, 0.6) is 11.5 Å². The number of piperidine rings is 1. The number of hydrogen-bond donors (Lipinski definition) is 3. The van der Waals surface area contributed by atoms with Crippen LogP contribution < -0.4 is 25.4 Å². The minimum absolute atomic E-state index is 0. The Morgan fingerprint density at radius 3 is 2.33 bits per heavy atom. The fourth-order valence-electron chi connectivity index (χ4n) is 3.44. The maximum absolute atomic E-state index is 13.1. The number of methoxy groups -OCH3 is 2. The van der Waals surface area contributed by atoms with Crippen molar-refractivity contribution < 1.29 is 19.1 Å². The second-order valence-electron chi connectivity index (χ2n) is 7.04. The molecular formula is C22H28ClN3O4. The highest BCUT2D eigenvalue weighted by molar-refractivity contribution is 6.09. The number of amides is 2. The van der Waals surface area contributed by atoms with E-state index in [0.29, 0.717) is 28.3 Å². The van der Waals surface area contributed by atoms with Crippen molar-refractivity contribution in [1.29, 1.82) is 0 Å². The summed E-state index contributed by atoms with van der Waals surface area (Å²) >= 11 is 0. The molecule has 3 N–H and O–H groups in total. The van der Waals surface area contributed by atoms with E-state index in [0.717, 1.165) is 19.4 Å². The number of halogens is 1. The van der Waals surface area contributed by atoms with Gasteiger partial charge in [0.05, 0.1) is 25.5 Å². The molecule has 0 saturated carbocycles. The van der Waals surface area contributed by atoms with Gasteiger partial charge >= 0.3 is 0 Å². The zero-order chi connectivity index (χ0) is 20.8. The third-order valence-electron chi connectivity index (χ3n) is 5.13. The molecule has 2 aromatic carbocycles. The minimum atomic E-state index is -0.306. The highest BCUT2D eigenvalue weighted by Crippen LogP contribution is 2.34. The van der Waals surface area contributed by atoms with Crippen molar-refractivity contribution in [3.8, 4) is 11.5 Å². The van der Waals surface area contributed by atoms with Crippen molar-refractivity contribution in [2.45, 2.75) is 31.8 Å². The molecule has 0 spiro atoms. The molecule has 3 rings (SSSR count). The van der Waals surface area contributed by atoms with E-state index < -0.39 is 0 Å². The Kier molecular flexibility index (Phi) is 8.50. The Bertz CT molecular complexity index is 876. The van der Waals surface area contributed by atoms with E-state index in [1.807, 2.05) is 6.07 Å². The Balaban J connectivity index is 0.00000320. The lowest BCUT2D eigenvalue weighted by molar-refractivity contribution is 0.0920. The van der Waals surface area contributed by atoms with Gasteiger partial charge in [0.15, 0.2) is 11.5 Å². The first-order chi connectivity index (χ1) is 14.0. The number of carbonyl (C=O) groups is 2. The molecular weight excluding hydrogens is 406 g/mol. The van der Waals surface area contributed by atoms with Crippen LogP contribution in [0.25, 0.3) is 0 Å². The van der Waals surface area contributed by atoms with E-state index in [1.54, 1.807) is 36.4 Å². The number of carbonyl (C=O) groups excluding carboxylic acids is 2. The molecule has 0 aliphatic carbocycles. The van der Waals surface area contributed by atoms with Crippen LogP contribution in [0, 0.1) is 0 Å². The monoisotopic (exact) mass is 433 g/mol. The second kappa shape index (κ2) is 10.8. The summed E-state index contributed by atoms with van der Waals surface area (Å²) in [5.74, 6) is 0.278. The first-order valence-corrected chi connectivity index (χ1v) is 9.70. The zero-order valence-corrected chi connectivity index (χ0v) is 18.2. The van der Waals surface area contributed by atoms with Gasteiger partial charge in [-0.15, -0.1) is 12.4 Å². The van der Waals surface area contributed by atoms with Crippen molar-refractivity contribution in [2.24, 2.45) is 0 Å². The van der Waals surface area contributed by atoms with Gasteiger partial charge in [0.1, 0.15) is 0 Å². The molecule has 162 valence electrons. The predicted molar refractivity (Wildman–Crippen MR) is 119 cm³/mol. The van der Waals surface area contributed by atoms with Gasteiger partial charge in [-0.2, -0.15) is 0 Å². The van der Waals surface area contributed by atoms with E-state index in [2.05, 4.69) is 22.9 Å². The van der Waals surface area contributed by atoms with Crippen molar-refractivity contribution >= 4 is 29.9 Å². The normalized spacial score (nSPS) is 18.0. The fourth-order valence-corrected chi connectivity index (χ4v) is 3.44. The molecule has 2 aromatic rings. The lowest BCUT2D eigenvalue weighted by Crippen LogP contribution is -2.52. The van der Waals surface area contributed by atoms with Gasteiger partial charge in [0, 0.05) is 23.7 Å². The van der Waals surface area contributed by atoms with Gasteiger partial charge in [-0.05, 0) is 44.5 Å². The largest absolute Gasteiger partial charge is 0.493 e. The Hall–Kier alpha value is -2.77. The molecule has 7 nitrogen and oxygen atoms in total. The molecule has 1 aliphatic heterocycles. The van der Waals surface area contributed by atoms with E-state index in [4.69, 9.17) is 9.47 Å². The van der Waals surface area contributed by atoms with Gasteiger partial charge in [-0.1, -0.05) is 18.2 Å². The average Bonchev–Trinajstić information content (AvgIpc) is 2.75. The molecule has 2 unspecified atom stereocenters. The van der Waals surface area contributed by atoms with Gasteiger partial charge in [0.2, 0.25) is 0 Å². The minimum Gasteiger partial charge on any atom is -0.493 e. The molecule has 2 amide bonds. The van der Waals surface area contributed by atoms with Crippen LogP contribution in [0.3, 0.4) is 0 Å². The number of ether oxygens (including phenoxy) is 2. The number of anilines is 1. The number of nitrogens with one attached hydrogen (secondary N) is 3. The molecule has 0 radical (unpaired) electrons. The smallest absolute Gasteiger partial charge is 0.255 e. The molecule has 30 heavy (non-hydrogen) atoms. The Morgan fingerprint density at radius 1 is 1.03 bits per heavy atom. The third kappa shape index (κ3) is 5.43. The molecule has 0 bridgehead atoms. The highest BCUT2D eigenvalue weighted by Gasteiger charge is 2.25. The molecule has 1 aliphatic rings. The summed E-state index contributed by atoms with van der Waals surface area (Å²) in [6.07, 6.45) is 1.90. The topological polar surface area (TPSA) is 88.7 Å². The average molecular weight is 434 g/mol. The fraction of sp³-hybridized carbons (Fsp3) is 0.364. The second-order valence-corrected chi connectivity index (χ2v) is 7.04. The van der Waals surface area contributed by atoms with Crippen LogP contribution in [0.4, 0.5) is 5.69 Å². The van der Waals surface area contributed by atoms with Crippen LogP contribution in [0.1, 0.15) is 40.5 Å². The van der Waals surface area contributed by atoms with Gasteiger partial charge in [-0.3, -0.25) is 9.59 Å². The van der Waals surface area contributed by atoms with E-state index in [1.165, 1.54) is 14.2 Å². The van der Waals surface area contributed by atoms with Crippen LogP contribution in [-0.4, -0.2) is 44.7 Å². The zero-order valence-electron chi connectivity index (χ0n) is 17.4. The summed E-state index contributed by atoms with van der Waals surface area (Å²) in [4.78, 5) is 25.7. The molecule has 0 aromatic heterocycles. The van der Waals surface area contributed by atoms with Crippen molar-refractivity contribution in [2.75, 3.05) is 26.1 Å². The van der Waals surface area contributed by atoms with Crippen molar-refractivity contribution in [1.82, 2.24) is 10.6 Å². The van der Waals surface area contributed by atoms with Gasteiger partial charge in [0.25, 0.3) is 11.8 Å². The van der Waals surface area contributed by atoms with Crippen molar-refractivity contribution in [3.63, 3.8) is 0 Å². The molecule has 2 atom stereocenters. The Morgan fingerprint density at radius 2 is 1.70 bits per heavy atom. The summed E-state index contributed by atoms with van der Waals surface area (Å²) in [5.41, 5.74) is 1.19. The summed E-state index contributed by atoms with van der Waals surface area (Å²) in [6, 6.07) is 12.2. The first kappa shape index (κ1) is 23.5. The molecule has 8 heteroatoms. The summed E-state index contributed by atoms with van der Waals surface area (Å²) < 4.78 is 10.7.